The van der Waals surface area contributed by atoms with Gasteiger partial charge in [0.15, 0.2) is 0 Å². The summed E-state index contributed by atoms with van der Waals surface area (Å²) in [4.78, 5) is 0. The Balaban J connectivity index is 1.76. The Morgan fingerprint density at radius 2 is 1.44 bits per heavy atom. The molecular weight excluding hydrogens is 438 g/mol. The number of para-hydroxylation sites is 1. The van der Waals surface area contributed by atoms with Crippen molar-refractivity contribution >= 4 is 13.9 Å². The minimum Gasteiger partial charge on any atom is -0.488 e. The SMILES string of the molecule is CCC(C)(Pc1c(C)cccc1F)c1cccc(Cc2ccccc2)c1OCc1ccccc1. The predicted molar refractivity (Wildman–Crippen MR) is 143 cm³/mol. The van der Waals surface area contributed by atoms with Crippen molar-refractivity contribution in [2.75, 3.05) is 0 Å². The van der Waals surface area contributed by atoms with Crippen molar-refractivity contribution in [2.24, 2.45) is 0 Å². The number of ether oxygens (including phenoxy) is 1. The van der Waals surface area contributed by atoms with Crippen molar-refractivity contribution in [1.82, 2.24) is 0 Å². The molecule has 3 heteroatoms. The highest BCUT2D eigenvalue weighted by Crippen LogP contribution is 2.49. The lowest BCUT2D eigenvalue weighted by Gasteiger charge is -2.32. The van der Waals surface area contributed by atoms with Crippen LogP contribution in [0.25, 0.3) is 0 Å². The van der Waals surface area contributed by atoms with E-state index >= 15 is 0 Å². The van der Waals surface area contributed by atoms with Gasteiger partial charge in [0.05, 0.1) is 0 Å². The van der Waals surface area contributed by atoms with Crippen molar-refractivity contribution in [3.63, 3.8) is 0 Å². The number of aryl methyl sites for hydroxylation is 1. The molecule has 2 atom stereocenters. The normalized spacial score (nSPS) is 13.2. The molecule has 0 heterocycles. The molecule has 1 nitrogen and oxygen atoms in total. The van der Waals surface area contributed by atoms with Gasteiger partial charge in [0.1, 0.15) is 18.2 Å². The van der Waals surface area contributed by atoms with Gasteiger partial charge < -0.3 is 4.74 Å². The lowest BCUT2D eigenvalue weighted by atomic mass is 9.92. The first kappa shape index (κ1) is 24.2. The second-order valence-corrected chi connectivity index (χ2v) is 10.8. The minimum atomic E-state index is -0.244. The summed E-state index contributed by atoms with van der Waals surface area (Å²) in [5, 5.41) is 0.570. The lowest BCUT2D eigenvalue weighted by Crippen LogP contribution is -2.22. The van der Waals surface area contributed by atoms with Crippen molar-refractivity contribution in [3.05, 3.63) is 131 Å². The average Bonchev–Trinajstić information content (AvgIpc) is 2.86. The van der Waals surface area contributed by atoms with Crippen LogP contribution < -0.4 is 10.0 Å². The lowest BCUT2D eigenvalue weighted by molar-refractivity contribution is 0.297. The standard InChI is InChI=1S/C31H32FOP/c1-4-31(3,34-30-23(2)13-11-20-28(30)32)27-19-12-18-26(21-24-14-7-5-8-15-24)29(27)33-22-25-16-9-6-10-17-25/h5-20,34H,4,21-22H2,1-3H3. The van der Waals surface area contributed by atoms with Crippen LogP contribution in [0.2, 0.25) is 0 Å². The summed E-state index contributed by atoms with van der Waals surface area (Å²) in [6.07, 6.45) is 1.68. The van der Waals surface area contributed by atoms with Gasteiger partial charge in [-0.15, -0.1) is 0 Å². The van der Waals surface area contributed by atoms with E-state index in [2.05, 4.69) is 68.4 Å². The Labute approximate surface area is 204 Å². The third-order valence-corrected chi connectivity index (χ3v) is 8.54. The molecule has 0 aliphatic carbocycles. The van der Waals surface area contributed by atoms with Crippen LogP contribution in [0, 0.1) is 12.7 Å². The van der Waals surface area contributed by atoms with E-state index in [4.69, 9.17) is 4.74 Å². The summed E-state index contributed by atoms with van der Waals surface area (Å²) in [6, 6.07) is 32.6. The predicted octanol–water partition coefficient (Wildman–Crippen LogP) is 7.93. The van der Waals surface area contributed by atoms with Crippen molar-refractivity contribution in [1.29, 1.82) is 0 Å². The van der Waals surface area contributed by atoms with Crippen LogP contribution >= 0.6 is 8.58 Å². The van der Waals surface area contributed by atoms with Gasteiger partial charge in [-0.25, -0.2) is 4.39 Å². The molecule has 0 aromatic heterocycles. The Kier molecular flexibility index (Phi) is 7.80. The topological polar surface area (TPSA) is 9.23 Å². The molecule has 0 spiro atoms. The number of halogens is 1. The van der Waals surface area contributed by atoms with Gasteiger partial charge in [0.2, 0.25) is 0 Å². The van der Waals surface area contributed by atoms with Gasteiger partial charge >= 0.3 is 0 Å². The number of hydrogen-bond donors (Lipinski definition) is 0. The maximum absolute atomic E-state index is 14.8. The van der Waals surface area contributed by atoms with Crippen LogP contribution in [0.4, 0.5) is 4.39 Å². The highest BCUT2D eigenvalue weighted by molar-refractivity contribution is 7.48. The third kappa shape index (κ3) is 5.57. The van der Waals surface area contributed by atoms with E-state index in [1.165, 1.54) is 5.56 Å². The summed E-state index contributed by atoms with van der Waals surface area (Å²) in [6.45, 7) is 6.93. The summed E-state index contributed by atoms with van der Waals surface area (Å²) >= 11 is 0. The molecule has 34 heavy (non-hydrogen) atoms. The van der Waals surface area contributed by atoms with Crippen LogP contribution in [0.15, 0.2) is 97.1 Å². The molecule has 0 saturated carbocycles. The number of hydrogen-bond acceptors (Lipinski definition) is 1. The van der Waals surface area contributed by atoms with Crippen LogP contribution in [0.5, 0.6) is 5.75 Å². The molecular formula is C31H32FOP. The zero-order valence-electron chi connectivity index (χ0n) is 20.1. The molecule has 0 N–H and O–H groups in total. The highest BCUT2D eigenvalue weighted by atomic mass is 31.1. The zero-order valence-corrected chi connectivity index (χ0v) is 21.1. The maximum atomic E-state index is 14.8. The molecule has 0 amide bonds. The first-order chi connectivity index (χ1) is 16.5. The molecule has 0 saturated heterocycles. The first-order valence-corrected chi connectivity index (χ1v) is 12.9. The first-order valence-electron chi connectivity index (χ1n) is 11.9. The van der Waals surface area contributed by atoms with Gasteiger partial charge in [0.25, 0.3) is 0 Å². The van der Waals surface area contributed by atoms with Crippen LogP contribution in [0.1, 0.15) is 48.1 Å². The average molecular weight is 471 g/mol. The molecule has 174 valence electrons. The number of benzene rings is 4. The summed E-state index contributed by atoms with van der Waals surface area (Å²) < 4.78 is 21.4. The molecule has 4 aromatic carbocycles. The van der Waals surface area contributed by atoms with Crippen molar-refractivity contribution in [2.45, 2.75) is 45.4 Å². The molecule has 0 fully saturated rings. The molecule has 4 rings (SSSR count). The third-order valence-electron chi connectivity index (χ3n) is 6.48. The zero-order chi connectivity index (χ0) is 24.0. The van der Waals surface area contributed by atoms with Gasteiger partial charge in [-0.3, -0.25) is 0 Å². The van der Waals surface area contributed by atoms with E-state index in [-0.39, 0.29) is 11.0 Å². The monoisotopic (exact) mass is 470 g/mol. The van der Waals surface area contributed by atoms with E-state index in [1.54, 1.807) is 12.1 Å². The highest BCUT2D eigenvalue weighted by Gasteiger charge is 2.31. The van der Waals surface area contributed by atoms with E-state index in [1.807, 2.05) is 37.3 Å². The van der Waals surface area contributed by atoms with Gasteiger partial charge in [-0.05, 0) is 41.7 Å². The largest absolute Gasteiger partial charge is 0.488 e. The van der Waals surface area contributed by atoms with Crippen LogP contribution in [-0.4, -0.2) is 0 Å². The van der Waals surface area contributed by atoms with Gasteiger partial charge in [-0.1, -0.05) is 113 Å². The summed E-state index contributed by atoms with van der Waals surface area (Å²) in [5.74, 6) is 0.811. The minimum absolute atomic E-state index is 0.120. The maximum Gasteiger partial charge on any atom is 0.130 e. The Hall–Kier alpha value is -2.96. The van der Waals surface area contributed by atoms with E-state index in [9.17, 15) is 4.39 Å². The number of rotatable bonds is 9. The fourth-order valence-electron chi connectivity index (χ4n) is 4.29. The molecule has 0 bridgehead atoms. The molecule has 0 radical (unpaired) electrons. The van der Waals surface area contributed by atoms with Gasteiger partial charge in [-0.2, -0.15) is 0 Å². The molecule has 0 aliphatic heterocycles. The van der Waals surface area contributed by atoms with E-state index in [0.29, 0.717) is 15.2 Å². The van der Waals surface area contributed by atoms with Crippen molar-refractivity contribution < 1.29 is 9.13 Å². The fraction of sp³-hybridized carbons (Fsp3) is 0.226. The fourth-order valence-corrected chi connectivity index (χ4v) is 5.83. The second-order valence-electron chi connectivity index (χ2n) is 8.97. The Morgan fingerprint density at radius 3 is 2.09 bits per heavy atom. The van der Waals surface area contributed by atoms with E-state index in [0.717, 1.165) is 46.1 Å². The quantitative estimate of drug-likeness (QED) is 0.226. The summed E-state index contributed by atoms with van der Waals surface area (Å²) in [7, 11) is 0.300. The molecule has 0 aliphatic rings. The van der Waals surface area contributed by atoms with Crippen LogP contribution in [-0.2, 0) is 18.2 Å². The molecule has 4 aromatic rings. The Bertz CT molecular complexity index is 1200. The van der Waals surface area contributed by atoms with Crippen LogP contribution in [0.3, 0.4) is 0 Å². The summed E-state index contributed by atoms with van der Waals surface area (Å²) in [5.41, 5.74) is 5.70. The Morgan fingerprint density at radius 1 is 0.794 bits per heavy atom. The van der Waals surface area contributed by atoms with Crippen molar-refractivity contribution in [3.8, 4) is 5.75 Å². The smallest absolute Gasteiger partial charge is 0.130 e. The van der Waals surface area contributed by atoms with E-state index < -0.39 is 0 Å². The second kappa shape index (κ2) is 11.0. The molecule has 2 unspecified atom stereocenters. The van der Waals surface area contributed by atoms with Gasteiger partial charge in [0, 0.05) is 22.4 Å².